The molecule has 0 amide bonds. The van der Waals surface area contributed by atoms with E-state index >= 15 is 0 Å². The van der Waals surface area contributed by atoms with Crippen LogP contribution in [0.15, 0.2) is 16.9 Å². The van der Waals surface area contributed by atoms with Gasteiger partial charge in [0.2, 0.25) is 5.89 Å². The number of hydrogen-bond donors (Lipinski definition) is 0. The van der Waals surface area contributed by atoms with Gasteiger partial charge in [0.05, 0.1) is 0 Å². The molecule has 1 unspecified atom stereocenters. The number of aromatic nitrogens is 4. The van der Waals surface area contributed by atoms with Crippen LogP contribution < -0.4 is 9.80 Å². The van der Waals surface area contributed by atoms with Crippen molar-refractivity contribution in [3.8, 4) is 0 Å². The van der Waals surface area contributed by atoms with Gasteiger partial charge in [0.15, 0.2) is 5.82 Å². The Morgan fingerprint density at radius 2 is 1.78 bits per heavy atom. The zero-order valence-electron chi connectivity index (χ0n) is 16.6. The first-order chi connectivity index (χ1) is 13.1. The Bertz CT molecular complexity index is 752. The molecule has 0 radical (unpaired) electrons. The fourth-order valence-corrected chi connectivity index (χ4v) is 4.09. The molecule has 1 atom stereocenters. The van der Waals surface area contributed by atoms with Crippen molar-refractivity contribution in [3.63, 3.8) is 0 Å². The van der Waals surface area contributed by atoms with Gasteiger partial charge in [0, 0.05) is 44.1 Å². The van der Waals surface area contributed by atoms with Crippen LogP contribution in [0.25, 0.3) is 0 Å². The molecule has 0 saturated carbocycles. The molecule has 7 nitrogen and oxygen atoms in total. The third-order valence-corrected chi connectivity index (χ3v) is 5.75. The molecule has 2 aromatic heterocycles. The van der Waals surface area contributed by atoms with Gasteiger partial charge in [-0.25, -0.2) is 9.97 Å². The van der Waals surface area contributed by atoms with Crippen LogP contribution in [0, 0.1) is 5.92 Å². The second-order valence-corrected chi connectivity index (χ2v) is 8.33. The molecule has 0 aliphatic carbocycles. The average molecular weight is 371 g/mol. The minimum absolute atomic E-state index is 0.281. The van der Waals surface area contributed by atoms with Crippen LogP contribution in [0.3, 0.4) is 0 Å². The van der Waals surface area contributed by atoms with Gasteiger partial charge in [-0.15, -0.1) is 0 Å². The van der Waals surface area contributed by atoms with Crippen molar-refractivity contribution < 1.29 is 4.52 Å². The summed E-state index contributed by atoms with van der Waals surface area (Å²) in [7, 11) is 0. The number of piperidine rings is 2. The molecule has 0 spiro atoms. The second kappa shape index (κ2) is 7.82. The molecule has 2 fully saturated rings. The minimum atomic E-state index is 0.281. The average Bonchev–Trinajstić information content (AvgIpc) is 3.19. The Morgan fingerprint density at radius 1 is 1.04 bits per heavy atom. The van der Waals surface area contributed by atoms with Crippen LogP contribution in [0.5, 0.6) is 0 Å². The number of nitrogens with zero attached hydrogens (tertiary/aromatic N) is 6. The molecule has 2 aliphatic rings. The number of anilines is 2. The second-order valence-electron chi connectivity index (χ2n) is 8.33. The van der Waals surface area contributed by atoms with E-state index in [0.717, 1.165) is 68.3 Å². The van der Waals surface area contributed by atoms with Crippen LogP contribution in [-0.4, -0.2) is 46.3 Å². The van der Waals surface area contributed by atoms with Gasteiger partial charge in [-0.05, 0) is 31.6 Å². The van der Waals surface area contributed by atoms with Crippen molar-refractivity contribution in [3.05, 3.63) is 24.1 Å². The lowest BCUT2D eigenvalue weighted by Gasteiger charge is -2.34. The topological polar surface area (TPSA) is 71.2 Å². The molecule has 4 rings (SSSR count). The Balaban J connectivity index is 1.40. The smallest absolute Gasteiger partial charge is 0.229 e. The lowest BCUT2D eigenvalue weighted by Crippen LogP contribution is -2.36. The molecule has 2 saturated heterocycles. The van der Waals surface area contributed by atoms with E-state index in [-0.39, 0.29) is 5.92 Å². The van der Waals surface area contributed by atoms with E-state index in [1.54, 1.807) is 6.33 Å². The van der Waals surface area contributed by atoms with Crippen molar-refractivity contribution in [2.24, 2.45) is 5.92 Å². The van der Waals surface area contributed by atoms with Gasteiger partial charge >= 0.3 is 0 Å². The lowest BCUT2D eigenvalue weighted by molar-refractivity contribution is 0.353. The molecular weight excluding hydrogens is 340 g/mol. The van der Waals surface area contributed by atoms with Gasteiger partial charge in [-0.1, -0.05) is 25.9 Å². The van der Waals surface area contributed by atoms with Crippen LogP contribution in [0.2, 0.25) is 0 Å². The molecule has 27 heavy (non-hydrogen) atoms. The van der Waals surface area contributed by atoms with Gasteiger partial charge in [-0.2, -0.15) is 4.98 Å². The maximum Gasteiger partial charge on any atom is 0.229 e. The Hall–Kier alpha value is -2.18. The largest absolute Gasteiger partial charge is 0.356 e. The summed E-state index contributed by atoms with van der Waals surface area (Å²) in [6, 6.07) is 2.16. The number of rotatable bonds is 4. The van der Waals surface area contributed by atoms with E-state index in [9.17, 15) is 0 Å². The highest BCUT2D eigenvalue weighted by Crippen LogP contribution is 2.30. The van der Waals surface area contributed by atoms with E-state index < -0.39 is 0 Å². The zero-order valence-corrected chi connectivity index (χ0v) is 16.6. The monoisotopic (exact) mass is 370 g/mol. The Morgan fingerprint density at radius 3 is 2.44 bits per heavy atom. The molecule has 0 N–H and O–H groups in total. The van der Waals surface area contributed by atoms with Crippen LogP contribution in [-0.2, 0) is 0 Å². The summed E-state index contributed by atoms with van der Waals surface area (Å²) in [5.74, 6) is 5.09. The fraction of sp³-hybridized carbons (Fsp3) is 0.700. The summed E-state index contributed by atoms with van der Waals surface area (Å²) in [6.45, 7) is 10.6. The maximum atomic E-state index is 5.38. The van der Waals surface area contributed by atoms with Gasteiger partial charge in [0.25, 0.3) is 0 Å². The van der Waals surface area contributed by atoms with Crippen LogP contribution in [0.1, 0.15) is 70.0 Å². The first-order valence-electron chi connectivity index (χ1n) is 10.3. The molecule has 146 valence electrons. The van der Waals surface area contributed by atoms with Crippen molar-refractivity contribution in [2.45, 2.75) is 58.3 Å². The third-order valence-electron chi connectivity index (χ3n) is 5.75. The summed E-state index contributed by atoms with van der Waals surface area (Å²) in [5, 5.41) is 4.20. The predicted molar refractivity (Wildman–Crippen MR) is 105 cm³/mol. The highest BCUT2D eigenvalue weighted by atomic mass is 16.5. The van der Waals surface area contributed by atoms with E-state index in [2.05, 4.69) is 56.7 Å². The Kier molecular flexibility index (Phi) is 5.27. The first-order valence-corrected chi connectivity index (χ1v) is 10.3. The summed E-state index contributed by atoms with van der Waals surface area (Å²) < 4.78 is 5.38. The zero-order chi connectivity index (χ0) is 18.8. The van der Waals surface area contributed by atoms with Gasteiger partial charge < -0.3 is 14.3 Å². The molecular formula is C20H30N6O. The quantitative estimate of drug-likeness (QED) is 0.814. The van der Waals surface area contributed by atoms with Crippen molar-refractivity contribution in [1.82, 2.24) is 20.1 Å². The fourth-order valence-electron chi connectivity index (χ4n) is 4.09. The van der Waals surface area contributed by atoms with Gasteiger partial charge in [-0.3, -0.25) is 0 Å². The summed E-state index contributed by atoms with van der Waals surface area (Å²) in [4.78, 5) is 18.4. The molecule has 2 aliphatic heterocycles. The van der Waals surface area contributed by atoms with E-state index in [1.807, 2.05) is 0 Å². The lowest BCUT2D eigenvalue weighted by atomic mass is 9.96. The Labute approximate surface area is 161 Å². The maximum absolute atomic E-state index is 5.38. The van der Waals surface area contributed by atoms with E-state index in [4.69, 9.17) is 4.52 Å². The van der Waals surface area contributed by atoms with Crippen LogP contribution >= 0.6 is 0 Å². The molecule has 0 bridgehead atoms. The first kappa shape index (κ1) is 18.2. The standard InChI is InChI=1S/C20H30N6O/c1-14(2)20-23-19(24-27-20)16-6-9-25(10-7-16)17-11-18(22-13-21-17)26-8-4-5-15(3)12-26/h11,13-16H,4-10,12H2,1-3H3. The predicted octanol–water partition coefficient (Wildman–Crippen LogP) is 3.60. The SMILES string of the molecule is CC1CCCN(c2cc(N3CCC(c4noc(C(C)C)n4)CC3)ncn2)C1. The van der Waals surface area contributed by atoms with Crippen molar-refractivity contribution in [1.29, 1.82) is 0 Å². The molecule has 2 aromatic rings. The molecule has 4 heterocycles. The molecule has 7 heteroatoms. The number of hydrogen-bond acceptors (Lipinski definition) is 7. The van der Waals surface area contributed by atoms with Crippen LogP contribution in [0.4, 0.5) is 11.6 Å². The molecule has 0 aromatic carbocycles. The summed E-state index contributed by atoms with van der Waals surface area (Å²) in [5.41, 5.74) is 0. The third kappa shape index (κ3) is 4.06. The van der Waals surface area contributed by atoms with E-state index in [0.29, 0.717) is 5.92 Å². The summed E-state index contributed by atoms with van der Waals surface area (Å²) >= 11 is 0. The van der Waals surface area contributed by atoms with Crippen molar-refractivity contribution >= 4 is 11.6 Å². The minimum Gasteiger partial charge on any atom is -0.356 e. The van der Waals surface area contributed by atoms with E-state index in [1.165, 1.54) is 12.8 Å². The highest BCUT2D eigenvalue weighted by Gasteiger charge is 2.26. The normalized spacial score (nSPS) is 21.9. The van der Waals surface area contributed by atoms with Crippen molar-refractivity contribution in [2.75, 3.05) is 36.0 Å². The van der Waals surface area contributed by atoms with Gasteiger partial charge in [0.1, 0.15) is 18.0 Å². The summed E-state index contributed by atoms with van der Waals surface area (Å²) in [6.07, 6.45) is 6.32. The highest BCUT2D eigenvalue weighted by molar-refractivity contribution is 5.50.